The van der Waals surface area contributed by atoms with E-state index in [1.807, 2.05) is 30.3 Å². The molecule has 1 rings (SSSR count). The van der Waals surface area contributed by atoms with Crippen molar-refractivity contribution in [3.05, 3.63) is 57.9 Å². The van der Waals surface area contributed by atoms with Gasteiger partial charge in [0.25, 0.3) is 6.20 Å². The maximum Gasteiger partial charge on any atom is 0.252 e. The lowest BCUT2D eigenvalue weighted by Crippen LogP contribution is -2.02. The van der Waals surface area contributed by atoms with Gasteiger partial charge in [-0.3, -0.25) is 10.1 Å². The fourth-order valence-electron chi connectivity index (χ4n) is 1.13. The number of benzene rings is 1. The van der Waals surface area contributed by atoms with Crippen LogP contribution in [0.15, 0.2) is 42.2 Å². The quantitative estimate of drug-likeness (QED) is 0.583. The van der Waals surface area contributed by atoms with Crippen molar-refractivity contribution in [1.29, 1.82) is 0 Å². The van der Waals surface area contributed by atoms with Crippen molar-refractivity contribution < 1.29 is 4.92 Å². The van der Waals surface area contributed by atoms with Crippen LogP contribution in [0, 0.1) is 10.1 Å². The minimum atomic E-state index is -0.527. The standard InChI is InChI=1S/C10H12N2O2/c11-10(8-12(13)14)7-6-9-4-2-1-3-5-9/h1-5,8H,6-7,11H2. The van der Waals surface area contributed by atoms with E-state index in [1.165, 1.54) is 0 Å². The Morgan fingerprint density at radius 1 is 1.43 bits per heavy atom. The highest BCUT2D eigenvalue weighted by molar-refractivity contribution is 5.15. The Morgan fingerprint density at radius 2 is 2.07 bits per heavy atom. The van der Waals surface area contributed by atoms with E-state index in [4.69, 9.17) is 5.73 Å². The molecule has 0 atom stereocenters. The van der Waals surface area contributed by atoms with E-state index in [-0.39, 0.29) is 0 Å². The van der Waals surface area contributed by atoms with Gasteiger partial charge in [0.2, 0.25) is 0 Å². The zero-order chi connectivity index (χ0) is 10.4. The Bertz CT molecular complexity index is 333. The Kier molecular flexibility index (Phi) is 3.67. The Balaban J connectivity index is 2.45. The molecule has 0 radical (unpaired) electrons. The zero-order valence-corrected chi connectivity index (χ0v) is 7.72. The highest BCUT2D eigenvalue weighted by Crippen LogP contribution is 2.05. The summed E-state index contributed by atoms with van der Waals surface area (Å²) in [4.78, 5) is 9.54. The van der Waals surface area contributed by atoms with Crippen molar-refractivity contribution in [3.63, 3.8) is 0 Å². The van der Waals surface area contributed by atoms with Gasteiger partial charge in [-0.25, -0.2) is 0 Å². The fourth-order valence-corrected chi connectivity index (χ4v) is 1.13. The van der Waals surface area contributed by atoms with Gasteiger partial charge >= 0.3 is 0 Å². The van der Waals surface area contributed by atoms with Gasteiger partial charge in [0.1, 0.15) is 0 Å². The van der Waals surface area contributed by atoms with Crippen molar-refractivity contribution in [3.8, 4) is 0 Å². The third kappa shape index (κ3) is 3.71. The summed E-state index contributed by atoms with van der Waals surface area (Å²) in [6.45, 7) is 0. The van der Waals surface area contributed by atoms with Gasteiger partial charge in [0.05, 0.1) is 10.6 Å². The summed E-state index contributed by atoms with van der Waals surface area (Å²) in [5.41, 5.74) is 6.88. The summed E-state index contributed by atoms with van der Waals surface area (Å²) in [6, 6.07) is 9.74. The Hall–Kier alpha value is -1.84. The first-order valence-electron chi connectivity index (χ1n) is 4.32. The molecular formula is C10H12N2O2. The molecule has 4 nitrogen and oxygen atoms in total. The van der Waals surface area contributed by atoms with Crippen LogP contribution in [0.25, 0.3) is 0 Å². The molecule has 0 aliphatic heterocycles. The Morgan fingerprint density at radius 3 is 2.64 bits per heavy atom. The maximum absolute atomic E-state index is 10.1. The van der Waals surface area contributed by atoms with Crippen LogP contribution in [0.3, 0.4) is 0 Å². The Labute approximate surface area is 82.2 Å². The summed E-state index contributed by atoms with van der Waals surface area (Å²) in [7, 11) is 0. The third-order valence-corrected chi connectivity index (χ3v) is 1.82. The van der Waals surface area contributed by atoms with Crippen molar-refractivity contribution in [1.82, 2.24) is 0 Å². The van der Waals surface area contributed by atoms with Gasteiger partial charge < -0.3 is 5.73 Å². The molecule has 14 heavy (non-hydrogen) atoms. The molecule has 0 aromatic heterocycles. The summed E-state index contributed by atoms with van der Waals surface area (Å²) >= 11 is 0. The molecular weight excluding hydrogens is 180 g/mol. The molecule has 0 saturated carbocycles. The van der Waals surface area contributed by atoms with E-state index in [2.05, 4.69) is 0 Å². The van der Waals surface area contributed by atoms with E-state index in [1.54, 1.807) is 0 Å². The molecule has 4 heteroatoms. The normalized spacial score (nSPS) is 11.3. The molecule has 0 bridgehead atoms. The van der Waals surface area contributed by atoms with Crippen LogP contribution >= 0.6 is 0 Å². The predicted octanol–water partition coefficient (Wildman–Crippen LogP) is 1.70. The number of nitro groups is 1. The zero-order valence-electron chi connectivity index (χ0n) is 7.72. The number of nitrogens with two attached hydrogens (primary N) is 1. The number of hydrogen-bond acceptors (Lipinski definition) is 3. The van der Waals surface area contributed by atoms with Gasteiger partial charge in [0.15, 0.2) is 0 Å². The van der Waals surface area contributed by atoms with Crippen molar-refractivity contribution >= 4 is 0 Å². The number of nitrogens with zero attached hydrogens (tertiary/aromatic N) is 1. The monoisotopic (exact) mass is 192 g/mol. The number of hydrogen-bond donors (Lipinski definition) is 1. The van der Waals surface area contributed by atoms with E-state index in [9.17, 15) is 10.1 Å². The minimum Gasteiger partial charge on any atom is -0.397 e. The average molecular weight is 192 g/mol. The van der Waals surface area contributed by atoms with Crippen LogP contribution in [0.2, 0.25) is 0 Å². The molecule has 74 valence electrons. The fraction of sp³-hybridized carbons (Fsp3) is 0.200. The molecule has 0 amide bonds. The third-order valence-electron chi connectivity index (χ3n) is 1.82. The first-order chi connectivity index (χ1) is 6.68. The van der Waals surface area contributed by atoms with Crippen LogP contribution in [0.5, 0.6) is 0 Å². The lowest BCUT2D eigenvalue weighted by Gasteiger charge is -1.99. The molecule has 0 unspecified atom stereocenters. The van der Waals surface area contributed by atoms with Crippen LogP contribution in [0.1, 0.15) is 12.0 Å². The van der Waals surface area contributed by atoms with Crippen LogP contribution in [0.4, 0.5) is 0 Å². The number of allylic oxidation sites excluding steroid dienone is 1. The summed E-state index contributed by atoms with van der Waals surface area (Å²) in [6.07, 6.45) is 2.10. The highest BCUT2D eigenvalue weighted by atomic mass is 16.6. The van der Waals surface area contributed by atoms with Crippen LogP contribution in [-0.4, -0.2) is 4.92 Å². The SMILES string of the molecule is NC(=C[N+](=O)[O-])CCc1ccccc1. The molecule has 0 aliphatic carbocycles. The van der Waals surface area contributed by atoms with E-state index < -0.39 is 4.92 Å². The molecule has 1 aromatic carbocycles. The number of aryl methyl sites for hydroxylation is 1. The lowest BCUT2D eigenvalue weighted by molar-refractivity contribution is -0.403. The molecule has 0 saturated heterocycles. The molecule has 2 N–H and O–H groups in total. The molecule has 0 spiro atoms. The van der Waals surface area contributed by atoms with E-state index in [0.29, 0.717) is 12.1 Å². The van der Waals surface area contributed by atoms with Crippen LogP contribution < -0.4 is 5.73 Å². The average Bonchev–Trinajstić information content (AvgIpc) is 2.15. The second-order valence-corrected chi connectivity index (χ2v) is 2.97. The lowest BCUT2D eigenvalue weighted by atomic mass is 10.1. The van der Waals surface area contributed by atoms with Gasteiger partial charge in [0, 0.05) is 0 Å². The smallest absolute Gasteiger partial charge is 0.252 e. The first-order valence-corrected chi connectivity index (χ1v) is 4.32. The summed E-state index contributed by atoms with van der Waals surface area (Å²) < 4.78 is 0. The van der Waals surface area contributed by atoms with Gasteiger partial charge in [-0.15, -0.1) is 0 Å². The van der Waals surface area contributed by atoms with Crippen molar-refractivity contribution in [2.45, 2.75) is 12.8 Å². The summed E-state index contributed by atoms with van der Waals surface area (Å²) in [5.74, 6) is 0. The van der Waals surface area contributed by atoms with Gasteiger partial charge in [-0.1, -0.05) is 30.3 Å². The topological polar surface area (TPSA) is 69.2 Å². The maximum atomic E-state index is 10.1. The summed E-state index contributed by atoms with van der Waals surface area (Å²) in [5, 5.41) is 10.1. The first kappa shape index (κ1) is 10.2. The van der Waals surface area contributed by atoms with Crippen molar-refractivity contribution in [2.75, 3.05) is 0 Å². The van der Waals surface area contributed by atoms with Crippen molar-refractivity contribution in [2.24, 2.45) is 5.73 Å². The largest absolute Gasteiger partial charge is 0.397 e. The second kappa shape index (κ2) is 5.01. The number of rotatable bonds is 4. The van der Waals surface area contributed by atoms with E-state index in [0.717, 1.165) is 18.2 Å². The molecule has 0 heterocycles. The molecule has 0 fully saturated rings. The minimum absolute atomic E-state index is 0.304. The molecule has 0 aliphatic rings. The second-order valence-electron chi connectivity index (χ2n) is 2.97. The van der Waals surface area contributed by atoms with E-state index >= 15 is 0 Å². The highest BCUT2D eigenvalue weighted by Gasteiger charge is 1.98. The van der Waals surface area contributed by atoms with Crippen LogP contribution in [-0.2, 0) is 6.42 Å². The predicted molar refractivity (Wildman–Crippen MR) is 54.0 cm³/mol. The molecule has 1 aromatic rings. The van der Waals surface area contributed by atoms with Gasteiger partial charge in [-0.05, 0) is 18.4 Å². The van der Waals surface area contributed by atoms with Gasteiger partial charge in [-0.2, -0.15) is 0 Å².